The second kappa shape index (κ2) is 4.96. The molecule has 22 heavy (non-hydrogen) atoms. The van der Waals surface area contributed by atoms with Gasteiger partial charge in [0.15, 0.2) is 0 Å². The van der Waals surface area contributed by atoms with E-state index in [0.717, 1.165) is 27.4 Å². The molecule has 4 aromatic rings. The van der Waals surface area contributed by atoms with Gasteiger partial charge in [0, 0.05) is 29.2 Å². The maximum absolute atomic E-state index is 11.3. The predicted octanol–water partition coefficient (Wildman–Crippen LogP) is 2.97. The normalized spacial score (nSPS) is 11.3. The molecule has 1 aromatic carbocycles. The van der Waals surface area contributed by atoms with Crippen LogP contribution in [0.5, 0.6) is 0 Å². The van der Waals surface area contributed by atoms with Crippen molar-refractivity contribution in [3.63, 3.8) is 0 Å². The fraction of sp³-hybridized carbons (Fsp3) is 0.0625. The molecule has 0 amide bonds. The third-order valence-corrected chi connectivity index (χ3v) is 3.80. The molecule has 0 spiro atoms. The number of pyridine rings is 2. The summed E-state index contributed by atoms with van der Waals surface area (Å²) in [5.74, 6) is 0. The van der Waals surface area contributed by atoms with E-state index in [1.165, 1.54) is 0 Å². The van der Waals surface area contributed by atoms with Gasteiger partial charge in [0.05, 0.1) is 28.8 Å². The fourth-order valence-corrected chi connectivity index (χ4v) is 2.72. The summed E-state index contributed by atoms with van der Waals surface area (Å²) in [6.07, 6.45) is 5.02. The molecular weight excluding hydrogens is 300 g/mol. The lowest BCUT2D eigenvalue weighted by atomic mass is 10.1. The summed E-state index contributed by atoms with van der Waals surface area (Å²) in [6.45, 7) is 0.609. The average molecular weight is 311 g/mol. The molecule has 0 unspecified atom stereocenters. The Morgan fingerprint density at radius 1 is 1.14 bits per heavy atom. The van der Waals surface area contributed by atoms with Crippen LogP contribution in [-0.2, 0) is 6.54 Å². The number of rotatable bonds is 2. The van der Waals surface area contributed by atoms with Gasteiger partial charge in [-0.1, -0.05) is 17.7 Å². The zero-order chi connectivity index (χ0) is 15.1. The first-order chi connectivity index (χ1) is 10.7. The summed E-state index contributed by atoms with van der Waals surface area (Å²) in [5.41, 5.74) is 2.76. The highest BCUT2D eigenvalue weighted by molar-refractivity contribution is 6.31. The van der Waals surface area contributed by atoms with Gasteiger partial charge in [-0.05, 0) is 23.8 Å². The third kappa shape index (κ3) is 2.25. The molecule has 0 bridgehead atoms. The van der Waals surface area contributed by atoms with Gasteiger partial charge in [-0.15, -0.1) is 0 Å². The number of hydrogen-bond acceptors (Lipinski definition) is 3. The molecule has 0 aliphatic rings. The molecule has 0 aliphatic heterocycles. The molecule has 0 saturated carbocycles. The van der Waals surface area contributed by atoms with E-state index in [0.29, 0.717) is 11.6 Å². The summed E-state index contributed by atoms with van der Waals surface area (Å²) in [7, 11) is 0. The van der Waals surface area contributed by atoms with Crippen molar-refractivity contribution in [2.45, 2.75) is 6.54 Å². The van der Waals surface area contributed by atoms with Gasteiger partial charge in [-0.2, -0.15) is 5.10 Å². The maximum atomic E-state index is 11.3. The summed E-state index contributed by atoms with van der Waals surface area (Å²) in [5, 5.41) is 6.79. The largest absolute Gasteiger partial charge is 0.327 e. The van der Waals surface area contributed by atoms with E-state index in [1.54, 1.807) is 24.7 Å². The lowest BCUT2D eigenvalue weighted by Crippen LogP contribution is -2.05. The summed E-state index contributed by atoms with van der Waals surface area (Å²) in [6, 6.07) is 9.47. The topological polar surface area (TPSA) is 63.6 Å². The number of hydrogen-bond donors (Lipinski definition) is 1. The molecule has 5 nitrogen and oxygen atoms in total. The smallest absolute Gasteiger partial charge is 0.248 e. The van der Waals surface area contributed by atoms with E-state index in [1.807, 2.05) is 28.9 Å². The number of aromatic amines is 1. The zero-order valence-corrected chi connectivity index (χ0v) is 12.2. The number of nitrogens with zero attached hydrogens (tertiary/aromatic N) is 3. The Balaban J connectivity index is 1.77. The van der Waals surface area contributed by atoms with E-state index in [2.05, 4.69) is 15.1 Å². The SMILES string of the molecule is O=c1cc2cnn(Cc3ccc4ncc(Cl)cc4c3)c2c[nH]1. The van der Waals surface area contributed by atoms with E-state index >= 15 is 0 Å². The van der Waals surface area contributed by atoms with Crippen molar-refractivity contribution in [3.8, 4) is 0 Å². The third-order valence-electron chi connectivity index (χ3n) is 3.59. The summed E-state index contributed by atoms with van der Waals surface area (Å²) < 4.78 is 1.85. The maximum Gasteiger partial charge on any atom is 0.248 e. The molecule has 3 heterocycles. The Bertz CT molecular complexity index is 1050. The highest BCUT2D eigenvalue weighted by Gasteiger charge is 2.05. The van der Waals surface area contributed by atoms with Gasteiger partial charge in [0.2, 0.25) is 5.56 Å². The molecule has 108 valence electrons. The van der Waals surface area contributed by atoms with E-state index < -0.39 is 0 Å². The van der Waals surface area contributed by atoms with Gasteiger partial charge in [0.1, 0.15) is 0 Å². The zero-order valence-electron chi connectivity index (χ0n) is 11.5. The number of H-pyrrole nitrogens is 1. The van der Waals surface area contributed by atoms with Crippen molar-refractivity contribution in [3.05, 3.63) is 69.9 Å². The molecule has 6 heteroatoms. The molecule has 4 rings (SSSR count). The Hall–Kier alpha value is -2.66. The van der Waals surface area contributed by atoms with Crippen LogP contribution in [0.25, 0.3) is 21.8 Å². The minimum Gasteiger partial charge on any atom is -0.327 e. The molecule has 0 atom stereocenters. The molecular formula is C16H11ClN4O. The van der Waals surface area contributed by atoms with Crippen molar-refractivity contribution < 1.29 is 0 Å². The highest BCUT2D eigenvalue weighted by atomic mass is 35.5. The van der Waals surface area contributed by atoms with E-state index in [9.17, 15) is 4.79 Å². The van der Waals surface area contributed by atoms with Crippen LogP contribution in [0.4, 0.5) is 0 Å². The van der Waals surface area contributed by atoms with Crippen LogP contribution in [0, 0.1) is 0 Å². The van der Waals surface area contributed by atoms with Gasteiger partial charge in [0.25, 0.3) is 0 Å². The van der Waals surface area contributed by atoms with Crippen LogP contribution in [0.2, 0.25) is 5.02 Å². The Morgan fingerprint density at radius 3 is 2.95 bits per heavy atom. The average Bonchev–Trinajstić information content (AvgIpc) is 2.89. The molecule has 3 aromatic heterocycles. The quantitative estimate of drug-likeness (QED) is 0.619. The van der Waals surface area contributed by atoms with Crippen LogP contribution in [0.15, 0.2) is 53.7 Å². The summed E-state index contributed by atoms with van der Waals surface area (Å²) in [4.78, 5) is 18.3. The first-order valence-electron chi connectivity index (χ1n) is 6.77. The second-order valence-corrected chi connectivity index (χ2v) is 5.56. The van der Waals surface area contributed by atoms with E-state index in [-0.39, 0.29) is 5.56 Å². The van der Waals surface area contributed by atoms with Gasteiger partial charge in [-0.3, -0.25) is 14.5 Å². The Morgan fingerprint density at radius 2 is 2.05 bits per heavy atom. The Labute approximate surface area is 130 Å². The van der Waals surface area contributed by atoms with Crippen LogP contribution in [0.3, 0.4) is 0 Å². The lowest BCUT2D eigenvalue weighted by molar-refractivity contribution is 0.711. The van der Waals surface area contributed by atoms with Crippen LogP contribution < -0.4 is 5.56 Å². The lowest BCUT2D eigenvalue weighted by Gasteiger charge is -2.05. The molecule has 0 saturated heterocycles. The number of fused-ring (bicyclic) bond motifs is 2. The van der Waals surface area contributed by atoms with Gasteiger partial charge >= 0.3 is 0 Å². The number of benzene rings is 1. The second-order valence-electron chi connectivity index (χ2n) is 5.12. The summed E-state index contributed by atoms with van der Waals surface area (Å²) >= 11 is 5.99. The van der Waals surface area contributed by atoms with Crippen molar-refractivity contribution in [2.24, 2.45) is 0 Å². The van der Waals surface area contributed by atoms with Gasteiger partial charge in [-0.25, -0.2) is 0 Å². The van der Waals surface area contributed by atoms with Crippen molar-refractivity contribution in [1.29, 1.82) is 0 Å². The van der Waals surface area contributed by atoms with Crippen molar-refractivity contribution >= 4 is 33.4 Å². The molecule has 0 radical (unpaired) electrons. The van der Waals surface area contributed by atoms with Crippen LogP contribution in [0.1, 0.15) is 5.56 Å². The van der Waals surface area contributed by atoms with Crippen LogP contribution in [-0.4, -0.2) is 19.7 Å². The number of halogens is 1. The monoisotopic (exact) mass is 310 g/mol. The fourth-order valence-electron chi connectivity index (χ4n) is 2.55. The highest BCUT2D eigenvalue weighted by Crippen LogP contribution is 2.19. The first kappa shape index (κ1) is 13.0. The van der Waals surface area contributed by atoms with E-state index in [4.69, 9.17) is 11.6 Å². The molecule has 0 aliphatic carbocycles. The number of nitrogens with one attached hydrogen (secondary N) is 1. The van der Waals surface area contributed by atoms with Crippen LogP contribution >= 0.6 is 11.6 Å². The Kier molecular flexibility index (Phi) is 2.94. The number of aromatic nitrogens is 4. The van der Waals surface area contributed by atoms with Crippen molar-refractivity contribution in [2.75, 3.05) is 0 Å². The first-order valence-corrected chi connectivity index (χ1v) is 7.15. The van der Waals surface area contributed by atoms with Crippen molar-refractivity contribution in [1.82, 2.24) is 19.7 Å². The minimum absolute atomic E-state index is 0.126. The molecule has 0 fully saturated rings. The van der Waals surface area contributed by atoms with Gasteiger partial charge < -0.3 is 4.98 Å². The predicted molar refractivity (Wildman–Crippen MR) is 86.2 cm³/mol. The minimum atomic E-state index is -0.126. The molecule has 1 N–H and O–H groups in total. The standard InChI is InChI=1S/C16H11ClN4O/c17-13-4-11-3-10(1-2-14(11)18-7-13)9-21-15-8-19-16(22)5-12(15)6-20-21/h1-8H,9H2,(H,19,22).